The summed E-state index contributed by atoms with van der Waals surface area (Å²) in [5, 5.41) is 5.05. The van der Waals surface area contributed by atoms with E-state index in [9.17, 15) is 4.79 Å². The van der Waals surface area contributed by atoms with Gasteiger partial charge in [-0.1, -0.05) is 30.3 Å². The summed E-state index contributed by atoms with van der Waals surface area (Å²) in [7, 11) is 1.46. The summed E-state index contributed by atoms with van der Waals surface area (Å²) in [6, 6.07) is 12.3. The van der Waals surface area contributed by atoms with Crippen LogP contribution in [-0.2, 0) is 0 Å². The molecule has 4 aromatic rings. The predicted octanol–water partition coefficient (Wildman–Crippen LogP) is 3.43. The molecule has 1 aromatic carbocycles. The summed E-state index contributed by atoms with van der Waals surface area (Å²) in [4.78, 5) is 17.6. The number of hydrogen-bond donors (Lipinski definition) is 1. The molecule has 0 saturated heterocycles. The highest BCUT2D eigenvalue weighted by Crippen LogP contribution is 2.33. The number of thiophene rings is 1. The minimum atomic E-state index is -0.247. The van der Waals surface area contributed by atoms with E-state index in [1.807, 2.05) is 18.2 Å². The number of aromatic nitrogens is 3. The molecule has 1 N–H and O–H groups in total. The molecule has 0 aliphatic carbocycles. The van der Waals surface area contributed by atoms with E-state index in [4.69, 9.17) is 4.74 Å². The molecule has 0 aliphatic rings. The number of fused-ring (bicyclic) bond motifs is 1. The minimum Gasteiger partial charge on any atom is -0.490 e. The van der Waals surface area contributed by atoms with Crippen LogP contribution in [0.25, 0.3) is 27.2 Å². The molecule has 6 heteroatoms. The van der Waals surface area contributed by atoms with E-state index in [2.05, 4.69) is 33.7 Å². The number of hydrogen-bond acceptors (Lipinski definition) is 4. The Labute approximate surface area is 135 Å². The molecule has 0 aliphatic heterocycles. The van der Waals surface area contributed by atoms with Gasteiger partial charge in [0.2, 0.25) is 5.75 Å². The van der Waals surface area contributed by atoms with Gasteiger partial charge in [0.15, 0.2) is 5.65 Å². The monoisotopic (exact) mass is 323 g/mol. The maximum absolute atomic E-state index is 12.2. The van der Waals surface area contributed by atoms with E-state index in [0.29, 0.717) is 5.65 Å². The van der Waals surface area contributed by atoms with Gasteiger partial charge in [-0.2, -0.15) is 4.52 Å². The van der Waals surface area contributed by atoms with Crippen molar-refractivity contribution in [2.24, 2.45) is 0 Å². The molecular weight excluding hydrogens is 310 g/mol. The topological polar surface area (TPSA) is 59.4 Å². The summed E-state index contributed by atoms with van der Waals surface area (Å²) in [5.41, 5.74) is 3.57. The second-order valence-corrected chi connectivity index (χ2v) is 5.95. The zero-order valence-corrected chi connectivity index (χ0v) is 13.1. The van der Waals surface area contributed by atoms with Crippen LogP contribution >= 0.6 is 11.3 Å². The smallest absolute Gasteiger partial charge is 0.315 e. The number of nitrogens with zero attached hydrogens (tertiary/aromatic N) is 2. The van der Waals surface area contributed by atoms with E-state index in [0.717, 1.165) is 16.0 Å². The van der Waals surface area contributed by atoms with Crippen molar-refractivity contribution < 1.29 is 4.74 Å². The molecular formula is C17H13N3O2S. The first-order valence-electron chi connectivity index (χ1n) is 7.05. The van der Waals surface area contributed by atoms with Gasteiger partial charge in [-0.25, -0.2) is 4.98 Å². The summed E-state index contributed by atoms with van der Waals surface area (Å²) in [5.74, 6) is 0.215. The quantitative estimate of drug-likeness (QED) is 0.628. The molecule has 0 amide bonds. The van der Waals surface area contributed by atoms with Gasteiger partial charge in [0.25, 0.3) is 0 Å². The number of ether oxygens (including phenoxy) is 1. The zero-order valence-electron chi connectivity index (χ0n) is 12.3. The molecule has 3 aromatic heterocycles. The SMILES string of the molecule is COc1cnc2c(-c3cc(-c4ccccc4)cs3)c[nH]n2c1=O. The number of nitrogens with one attached hydrogen (secondary N) is 1. The molecule has 5 nitrogen and oxygen atoms in total. The van der Waals surface area contributed by atoms with Crippen LogP contribution in [0.3, 0.4) is 0 Å². The van der Waals surface area contributed by atoms with Crippen LogP contribution in [0.5, 0.6) is 5.75 Å². The van der Waals surface area contributed by atoms with Crippen LogP contribution in [0.2, 0.25) is 0 Å². The van der Waals surface area contributed by atoms with Gasteiger partial charge in [-0.15, -0.1) is 11.3 Å². The molecule has 0 unspecified atom stereocenters. The highest BCUT2D eigenvalue weighted by atomic mass is 32.1. The Hall–Kier alpha value is -2.86. The molecule has 0 saturated carbocycles. The molecule has 114 valence electrons. The van der Waals surface area contributed by atoms with Crippen molar-refractivity contribution in [2.75, 3.05) is 7.11 Å². The molecule has 0 radical (unpaired) electrons. The van der Waals surface area contributed by atoms with Crippen LogP contribution in [-0.4, -0.2) is 21.7 Å². The van der Waals surface area contributed by atoms with Gasteiger partial charge < -0.3 is 4.74 Å². The summed E-state index contributed by atoms with van der Waals surface area (Å²) in [6.07, 6.45) is 3.25. The zero-order chi connectivity index (χ0) is 15.8. The number of methoxy groups -OCH3 is 1. The summed E-state index contributed by atoms with van der Waals surface area (Å²) in [6.45, 7) is 0. The van der Waals surface area contributed by atoms with Crippen molar-refractivity contribution in [2.45, 2.75) is 0 Å². The lowest BCUT2D eigenvalue weighted by Crippen LogP contribution is -2.16. The molecule has 0 bridgehead atoms. The van der Waals surface area contributed by atoms with Crippen LogP contribution in [0.4, 0.5) is 0 Å². The van der Waals surface area contributed by atoms with Crippen molar-refractivity contribution in [3.63, 3.8) is 0 Å². The third kappa shape index (κ3) is 2.24. The van der Waals surface area contributed by atoms with Crippen molar-refractivity contribution in [3.05, 3.63) is 64.5 Å². The number of aromatic amines is 1. The van der Waals surface area contributed by atoms with Gasteiger partial charge in [-0.05, 0) is 22.6 Å². The average Bonchev–Trinajstić information content (AvgIpc) is 3.23. The first kappa shape index (κ1) is 13.8. The van der Waals surface area contributed by atoms with Crippen molar-refractivity contribution in [3.8, 4) is 27.3 Å². The second kappa shape index (κ2) is 5.40. The fourth-order valence-electron chi connectivity index (χ4n) is 2.52. The summed E-state index contributed by atoms with van der Waals surface area (Å²) >= 11 is 1.63. The fourth-order valence-corrected chi connectivity index (χ4v) is 3.45. The lowest BCUT2D eigenvalue weighted by atomic mass is 10.1. The third-order valence-electron chi connectivity index (χ3n) is 3.70. The van der Waals surface area contributed by atoms with Gasteiger partial charge in [0.1, 0.15) is 0 Å². The number of rotatable bonds is 3. The van der Waals surface area contributed by atoms with Crippen LogP contribution in [0.1, 0.15) is 0 Å². The number of benzene rings is 1. The average molecular weight is 323 g/mol. The predicted molar refractivity (Wildman–Crippen MR) is 91.1 cm³/mol. The first-order chi connectivity index (χ1) is 11.3. The van der Waals surface area contributed by atoms with Gasteiger partial charge in [-0.3, -0.25) is 9.89 Å². The third-order valence-corrected chi connectivity index (χ3v) is 4.66. The Morgan fingerprint density at radius 3 is 2.83 bits per heavy atom. The Bertz CT molecular complexity index is 1030. The fraction of sp³-hybridized carbons (Fsp3) is 0.0588. The van der Waals surface area contributed by atoms with Crippen molar-refractivity contribution >= 4 is 17.0 Å². The van der Waals surface area contributed by atoms with Gasteiger partial charge in [0, 0.05) is 11.1 Å². The van der Waals surface area contributed by atoms with E-state index in [1.165, 1.54) is 23.4 Å². The first-order valence-corrected chi connectivity index (χ1v) is 7.93. The maximum atomic E-state index is 12.2. The largest absolute Gasteiger partial charge is 0.490 e. The molecule has 23 heavy (non-hydrogen) atoms. The molecule has 3 heterocycles. The van der Waals surface area contributed by atoms with Crippen LogP contribution in [0, 0.1) is 0 Å². The standard InChI is InChI=1S/C17H13N3O2S/c1-22-14-9-18-16-13(8-19-20(16)17(14)21)15-7-12(10-23-15)11-5-3-2-4-6-11/h2-10,19H,1H3. The molecule has 4 rings (SSSR count). The Morgan fingerprint density at radius 2 is 2.04 bits per heavy atom. The highest BCUT2D eigenvalue weighted by Gasteiger charge is 2.13. The molecule has 0 spiro atoms. The van der Waals surface area contributed by atoms with Crippen molar-refractivity contribution in [1.82, 2.24) is 14.6 Å². The number of H-pyrrole nitrogens is 1. The van der Waals surface area contributed by atoms with E-state index < -0.39 is 0 Å². The van der Waals surface area contributed by atoms with E-state index in [1.54, 1.807) is 17.5 Å². The lowest BCUT2D eigenvalue weighted by molar-refractivity contribution is 0.404. The van der Waals surface area contributed by atoms with Crippen LogP contribution < -0.4 is 10.3 Å². The van der Waals surface area contributed by atoms with Crippen molar-refractivity contribution in [1.29, 1.82) is 0 Å². The highest BCUT2D eigenvalue weighted by molar-refractivity contribution is 7.14. The second-order valence-electron chi connectivity index (χ2n) is 5.04. The minimum absolute atomic E-state index is 0.215. The van der Waals surface area contributed by atoms with E-state index in [-0.39, 0.29) is 11.3 Å². The Kier molecular flexibility index (Phi) is 3.24. The van der Waals surface area contributed by atoms with Crippen LogP contribution in [0.15, 0.2) is 59.0 Å². The van der Waals surface area contributed by atoms with Gasteiger partial charge in [0.05, 0.1) is 18.9 Å². The Balaban J connectivity index is 1.83. The van der Waals surface area contributed by atoms with E-state index >= 15 is 0 Å². The summed E-state index contributed by atoms with van der Waals surface area (Å²) < 4.78 is 6.42. The molecule has 0 atom stereocenters. The Morgan fingerprint density at radius 1 is 1.22 bits per heavy atom. The maximum Gasteiger partial charge on any atom is 0.315 e. The normalized spacial score (nSPS) is 11.0. The molecule has 0 fully saturated rings. The van der Waals surface area contributed by atoms with Gasteiger partial charge >= 0.3 is 5.56 Å². The lowest BCUT2D eigenvalue weighted by Gasteiger charge is -1.99.